The van der Waals surface area contributed by atoms with Gasteiger partial charge in [0.1, 0.15) is 11.6 Å². The quantitative estimate of drug-likeness (QED) is 0.349. The molecule has 8 heteroatoms. The number of aryl methyl sites for hydroxylation is 1. The Morgan fingerprint density at radius 1 is 0.941 bits per heavy atom. The molecule has 2 aromatic heterocycles. The molecular formula is C26H35FN6S. The van der Waals surface area contributed by atoms with Crippen molar-refractivity contribution in [3.63, 3.8) is 0 Å². The number of aromatic nitrogens is 4. The van der Waals surface area contributed by atoms with Crippen molar-refractivity contribution >= 4 is 23.6 Å². The first kappa shape index (κ1) is 24.4. The third-order valence-corrected chi connectivity index (χ3v) is 7.19. The summed E-state index contributed by atoms with van der Waals surface area (Å²) in [6, 6.07) is 11.2. The molecular weight excluding hydrogens is 447 g/mol. The van der Waals surface area contributed by atoms with Crippen molar-refractivity contribution in [2.45, 2.75) is 57.5 Å². The van der Waals surface area contributed by atoms with Gasteiger partial charge in [-0.2, -0.15) is 5.10 Å². The van der Waals surface area contributed by atoms with E-state index in [0.29, 0.717) is 6.04 Å². The molecule has 6 nitrogen and oxygen atoms in total. The maximum atomic E-state index is 13.3. The average Bonchev–Trinajstić information content (AvgIpc) is 3.19. The van der Waals surface area contributed by atoms with Gasteiger partial charge >= 0.3 is 0 Å². The molecule has 1 aromatic carbocycles. The zero-order valence-corrected chi connectivity index (χ0v) is 21.1. The minimum absolute atomic E-state index is 0.212. The highest BCUT2D eigenvalue weighted by Crippen LogP contribution is 2.30. The number of likely N-dealkylation sites (N-methyl/N-ethyl adjacent to an activating group) is 1. The van der Waals surface area contributed by atoms with E-state index >= 15 is 0 Å². The molecule has 0 saturated heterocycles. The Hall–Kier alpha value is -2.74. The van der Waals surface area contributed by atoms with Crippen LogP contribution in [0.3, 0.4) is 0 Å². The van der Waals surface area contributed by atoms with Crippen LogP contribution in [0, 0.1) is 10.6 Å². The van der Waals surface area contributed by atoms with E-state index in [1.165, 1.54) is 44.2 Å². The fraction of sp³-hybridized carbons (Fsp3) is 0.500. The van der Waals surface area contributed by atoms with E-state index in [-0.39, 0.29) is 5.82 Å². The molecule has 0 radical (unpaired) electrons. The van der Waals surface area contributed by atoms with E-state index in [0.717, 1.165) is 54.4 Å². The van der Waals surface area contributed by atoms with Crippen LogP contribution in [0.1, 0.15) is 50.4 Å². The first-order valence-electron chi connectivity index (χ1n) is 12.3. The lowest BCUT2D eigenvalue weighted by Crippen LogP contribution is -2.23. The lowest BCUT2D eigenvalue weighted by Gasteiger charge is -2.25. The summed E-state index contributed by atoms with van der Waals surface area (Å²) in [5.41, 5.74) is 2.17. The summed E-state index contributed by atoms with van der Waals surface area (Å²) in [5.74, 6) is 0.852. The smallest absolute Gasteiger partial charge is 0.198 e. The molecule has 3 aromatic rings. The summed E-state index contributed by atoms with van der Waals surface area (Å²) in [7, 11) is 4.14. The summed E-state index contributed by atoms with van der Waals surface area (Å²) in [4.78, 5) is 8.49. The van der Waals surface area contributed by atoms with Crippen molar-refractivity contribution < 1.29 is 4.39 Å². The van der Waals surface area contributed by atoms with Crippen LogP contribution in [-0.4, -0.2) is 46.5 Å². The number of halogens is 1. The number of hydrogen-bond acceptors (Lipinski definition) is 5. The fourth-order valence-corrected chi connectivity index (χ4v) is 5.15. The lowest BCUT2D eigenvalue weighted by molar-refractivity contribution is 0.341. The number of anilines is 2. The van der Waals surface area contributed by atoms with E-state index in [1.807, 2.05) is 48.4 Å². The molecule has 1 saturated carbocycles. The van der Waals surface area contributed by atoms with Crippen LogP contribution in [0.5, 0.6) is 0 Å². The van der Waals surface area contributed by atoms with Crippen molar-refractivity contribution in [3.05, 3.63) is 65.2 Å². The second kappa shape index (κ2) is 11.6. The third kappa shape index (κ3) is 6.03. The molecule has 0 N–H and O–H groups in total. The fourth-order valence-electron chi connectivity index (χ4n) is 4.76. The monoisotopic (exact) mass is 482 g/mol. The molecule has 1 aliphatic carbocycles. The van der Waals surface area contributed by atoms with Gasteiger partial charge in [0.25, 0.3) is 0 Å². The topological polar surface area (TPSA) is 42.1 Å². The van der Waals surface area contributed by atoms with Crippen LogP contribution in [0.15, 0.2) is 48.8 Å². The second-order valence-corrected chi connectivity index (χ2v) is 9.58. The van der Waals surface area contributed by atoms with Crippen molar-refractivity contribution in [3.8, 4) is 0 Å². The minimum atomic E-state index is -0.212. The Morgan fingerprint density at radius 2 is 1.59 bits per heavy atom. The van der Waals surface area contributed by atoms with Crippen molar-refractivity contribution in [1.82, 2.24) is 19.3 Å². The number of pyridine rings is 1. The first-order valence-corrected chi connectivity index (χ1v) is 12.7. The van der Waals surface area contributed by atoms with Gasteiger partial charge in [-0.05, 0) is 67.9 Å². The van der Waals surface area contributed by atoms with Gasteiger partial charge < -0.3 is 14.4 Å². The molecule has 1 aliphatic rings. The Labute approximate surface area is 207 Å². The minimum Gasteiger partial charge on any atom is -0.374 e. The molecule has 2 heterocycles. The number of benzene rings is 1. The number of rotatable bonds is 10. The predicted molar refractivity (Wildman–Crippen MR) is 139 cm³/mol. The summed E-state index contributed by atoms with van der Waals surface area (Å²) in [6.45, 7) is 2.52. The molecule has 1 fully saturated rings. The van der Waals surface area contributed by atoms with E-state index in [2.05, 4.69) is 26.4 Å². The SMILES string of the molecule is CN(CCCn1nc(CCN(C)c2ccc(F)cc2)n(C2CCCCC2)c1=S)c1ccncc1. The highest BCUT2D eigenvalue weighted by molar-refractivity contribution is 7.71. The van der Waals surface area contributed by atoms with Gasteiger partial charge in [0.2, 0.25) is 0 Å². The van der Waals surface area contributed by atoms with Crippen LogP contribution in [0.4, 0.5) is 15.8 Å². The molecule has 0 unspecified atom stereocenters. The van der Waals surface area contributed by atoms with Gasteiger partial charge in [0.15, 0.2) is 4.77 Å². The van der Waals surface area contributed by atoms with E-state index in [9.17, 15) is 4.39 Å². The summed E-state index contributed by atoms with van der Waals surface area (Å²) >= 11 is 5.94. The summed E-state index contributed by atoms with van der Waals surface area (Å²) in [5, 5.41) is 4.99. The van der Waals surface area contributed by atoms with E-state index in [1.54, 1.807) is 0 Å². The van der Waals surface area contributed by atoms with Crippen LogP contribution in [0.25, 0.3) is 0 Å². The predicted octanol–water partition coefficient (Wildman–Crippen LogP) is 5.66. The van der Waals surface area contributed by atoms with Crippen LogP contribution < -0.4 is 9.80 Å². The Kier molecular flexibility index (Phi) is 8.32. The maximum absolute atomic E-state index is 13.3. The van der Waals surface area contributed by atoms with E-state index in [4.69, 9.17) is 17.3 Å². The van der Waals surface area contributed by atoms with Gasteiger partial charge in [-0.1, -0.05) is 19.3 Å². The first-order chi connectivity index (χ1) is 16.5. The molecule has 0 aliphatic heterocycles. The normalized spacial score (nSPS) is 14.3. The standard InChI is InChI=1S/C26H35FN6S/c1-30(23-13-16-28-17-14-23)18-6-19-32-26(34)33(24-7-4-3-5-8-24)25(29-32)15-20-31(2)22-11-9-21(27)10-12-22/h9-14,16-17,24H,3-8,15,18-20H2,1-2H3. The largest absolute Gasteiger partial charge is 0.374 e. The highest BCUT2D eigenvalue weighted by atomic mass is 32.1. The summed E-state index contributed by atoms with van der Waals surface area (Å²) < 4.78 is 18.5. The van der Waals surface area contributed by atoms with Crippen molar-refractivity contribution in [2.24, 2.45) is 0 Å². The summed E-state index contributed by atoms with van der Waals surface area (Å²) in [6.07, 6.45) is 11.6. The van der Waals surface area contributed by atoms with Gasteiger partial charge in [-0.15, -0.1) is 0 Å². The maximum Gasteiger partial charge on any atom is 0.198 e. The van der Waals surface area contributed by atoms with Gasteiger partial charge in [-0.25, -0.2) is 9.07 Å². The van der Waals surface area contributed by atoms with Crippen LogP contribution in [-0.2, 0) is 13.0 Å². The second-order valence-electron chi connectivity index (χ2n) is 9.21. The highest BCUT2D eigenvalue weighted by Gasteiger charge is 2.22. The molecule has 4 rings (SSSR count). The molecule has 182 valence electrons. The third-order valence-electron chi connectivity index (χ3n) is 6.79. The van der Waals surface area contributed by atoms with E-state index < -0.39 is 0 Å². The van der Waals surface area contributed by atoms with Gasteiger partial charge in [0.05, 0.1) is 0 Å². The zero-order chi connectivity index (χ0) is 23.9. The van der Waals surface area contributed by atoms with Crippen molar-refractivity contribution in [2.75, 3.05) is 37.0 Å². The molecule has 0 spiro atoms. The molecule has 0 bridgehead atoms. The number of nitrogens with zero attached hydrogens (tertiary/aromatic N) is 6. The molecule has 0 atom stereocenters. The Bertz CT molecular complexity index is 1090. The van der Waals surface area contributed by atoms with Crippen LogP contribution >= 0.6 is 12.2 Å². The Morgan fingerprint density at radius 3 is 2.29 bits per heavy atom. The zero-order valence-electron chi connectivity index (χ0n) is 20.2. The number of hydrogen-bond donors (Lipinski definition) is 0. The van der Waals surface area contributed by atoms with Gasteiger partial charge in [0, 0.05) is 70.0 Å². The molecule has 34 heavy (non-hydrogen) atoms. The van der Waals surface area contributed by atoms with Crippen molar-refractivity contribution in [1.29, 1.82) is 0 Å². The van der Waals surface area contributed by atoms with Gasteiger partial charge in [-0.3, -0.25) is 4.98 Å². The average molecular weight is 483 g/mol. The lowest BCUT2D eigenvalue weighted by atomic mass is 9.95. The Balaban J connectivity index is 1.45. The molecule has 0 amide bonds. The van der Waals surface area contributed by atoms with Crippen LogP contribution in [0.2, 0.25) is 0 Å².